The molecule has 84 valence electrons. The molecule has 2 rings (SSSR count). The van der Waals surface area contributed by atoms with Gasteiger partial charge in [-0.15, -0.1) is 0 Å². The van der Waals surface area contributed by atoms with Crippen molar-refractivity contribution >= 4 is 22.9 Å². The molecule has 0 bridgehead atoms. The van der Waals surface area contributed by atoms with Gasteiger partial charge >= 0.3 is 0 Å². The van der Waals surface area contributed by atoms with Gasteiger partial charge in [-0.1, -0.05) is 0 Å². The van der Waals surface area contributed by atoms with Crippen LogP contribution in [0, 0.1) is 13.8 Å². The van der Waals surface area contributed by atoms with Crippen LogP contribution in [0.3, 0.4) is 0 Å². The molecule has 2 aromatic rings. The van der Waals surface area contributed by atoms with Crippen molar-refractivity contribution < 1.29 is 0 Å². The number of aromatic nitrogens is 1. The number of H-pyrrole nitrogens is 1. The van der Waals surface area contributed by atoms with Gasteiger partial charge in [0.2, 0.25) is 0 Å². The first-order valence-corrected chi connectivity index (χ1v) is 5.37. The predicted octanol–water partition coefficient (Wildman–Crippen LogP) is 3.01. The lowest BCUT2D eigenvalue weighted by Crippen LogP contribution is -2.06. The van der Waals surface area contributed by atoms with Gasteiger partial charge in [-0.2, -0.15) is 0 Å². The summed E-state index contributed by atoms with van der Waals surface area (Å²) in [6, 6.07) is 6.23. The van der Waals surface area contributed by atoms with E-state index in [1.165, 1.54) is 22.2 Å². The van der Waals surface area contributed by atoms with Crippen molar-refractivity contribution in [3.8, 4) is 0 Å². The molecule has 0 aliphatic rings. The number of nitrogens with zero attached hydrogens (tertiary/aromatic N) is 2. The normalized spacial score (nSPS) is 11.5. The number of aryl methyl sites for hydroxylation is 2. The van der Waals surface area contributed by atoms with E-state index in [1.807, 2.05) is 31.4 Å². The molecule has 0 saturated carbocycles. The summed E-state index contributed by atoms with van der Waals surface area (Å²) in [7, 11) is 3.93. The maximum Gasteiger partial charge on any atom is 0.0907 e. The monoisotopic (exact) mass is 215 g/mol. The minimum atomic E-state index is 0.989. The number of hydrogen-bond donors (Lipinski definition) is 1. The molecule has 0 aliphatic carbocycles. The highest BCUT2D eigenvalue weighted by Gasteiger charge is 2.03. The van der Waals surface area contributed by atoms with E-state index in [9.17, 15) is 0 Å². The minimum Gasteiger partial charge on any atom is -0.369 e. The van der Waals surface area contributed by atoms with Crippen LogP contribution in [0.15, 0.2) is 23.2 Å². The fourth-order valence-corrected chi connectivity index (χ4v) is 1.71. The highest BCUT2D eigenvalue weighted by Crippen LogP contribution is 2.25. The Morgan fingerprint density at radius 3 is 2.69 bits per heavy atom. The van der Waals surface area contributed by atoms with Crippen LogP contribution in [-0.4, -0.2) is 30.3 Å². The summed E-state index contributed by atoms with van der Waals surface area (Å²) in [5, 5.41) is 1.26. The molecular formula is C13H17N3. The second kappa shape index (κ2) is 4.00. The predicted molar refractivity (Wildman–Crippen MR) is 69.6 cm³/mol. The molecule has 0 atom stereocenters. The van der Waals surface area contributed by atoms with E-state index in [1.54, 1.807) is 0 Å². The summed E-state index contributed by atoms with van der Waals surface area (Å²) in [6.45, 7) is 4.23. The second-order valence-electron chi connectivity index (χ2n) is 4.31. The third-order valence-electron chi connectivity index (χ3n) is 2.73. The molecule has 3 nitrogen and oxygen atoms in total. The third-order valence-corrected chi connectivity index (χ3v) is 2.73. The molecule has 1 N–H and O–H groups in total. The average Bonchev–Trinajstić information content (AvgIpc) is 2.52. The third kappa shape index (κ3) is 1.94. The summed E-state index contributed by atoms with van der Waals surface area (Å²) in [5.41, 5.74) is 4.70. The summed E-state index contributed by atoms with van der Waals surface area (Å²) in [5.74, 6) is 0. The van der Waals surface area contributed by atoms with E-state index in [2.05, 4.69) is 36.0 Å². The Bertz CT molecular complexity index is 535. The molecule has 16 heavy (non-hydrogen) atoms. The summed E-state index contributed by atoms with van der Waals surface area (Å²) < 4.78 is 0. The molecule has 0 fully saturated rings. The number of benzene rings is 1. The summed E-state index contributed by atoms with van der Waals surface area (Å²) >= 11 is 0. The van der Waals surface area contributed by atoms with Gasteiger partial charge in [0.25, 0.3) is 0 Å². The van der Waals surface area contributed by atoms with Crippen molar-refractivity contribution in [2.45, 2.75) is 13.8 Å². The van der Waals surface area contributed by atoms with Crippen LogP contribution in [0.25, 0.3) is 10.9 Å². The number of aromatic amines is 1. The van der Waals surface area contributed by atoms with Gasteiger partial charge in [-0.05, 0) is 37.6 Å². The quantitative estimate of drug-likeness (QED) is 0.606. The van der Waals surface area contributed by atoms with Gasteiger partial charge in [-0.3, -0.25) is 0 Å². The van der Waals surface area contributed by atoms with E-state index >= 15 is 0 Å². The zero-order chi connectivity index (χ0) is 11.7. The Hall–Kier alpha value is -1.77. The summed E-state index contributed by atoms with van der Waals surface area (Å²) in [6.07, 6.45) is 1.82. The lowest BCUT2D eigenvalue weighted by molar-refractivity contribution is 0.643. The fraction of sp³-hybridized carbons (Fsp3) is 0.308. The Labute approximate surface area is 95.8 Å². The van der Waals surface area contributed by atoms with Gasteiger partial charge in [0, 0.05) is 30.7 Å². The van der Waals surface area contributed by atoms with Crippen LogP contribution in [-0.2, 0) is 0 Å². The SMILES string of the molecule is Cc1[nH]c2ccc(N=CN(C)C)cc2c1C. The molecular weight excluding hydrogens is 198 g/mol. The first-order valence-electron chi connectivity index (χ1n) is 5.37. The molecule has 0 radical (unpaired) electrons. The lowest BCUT2D eigenvalue weighted by atomic mass is 10.1. The maximum atomic E-state index is 4.39. The molecule has 0 amide bonds. The van der Waals surface area contributed by atoms with Gasteiger partial charge in [0.05, 0.1) is 12.0 Å². The molecule has 1 aromatic carbocycles. The Balaban J connectivity index is 2.47. The highest BCUT2D eigenvalue weighted by atomic mass is 15.1. The molecule has 1 heterocycles. The van der Waals surface area contributed by atoms with Gasteiger partial charge < -0.3 is 9.88 Å². The van der Waals surface area contributed by atoms with Crippen molar-refractivity contribution in [1.29, 1.82) is 0 Å². The largest absolute Gasteiger partial charge is 0.369 e. The van der Waals surface area contributed by atoms with Gasteiger partial charge in [0.1, 0.15) is 0 Å². The van der Waals surface area contributed by atoms with Crippen LogP contribution in [0.5, 0.6) is 0 Å². The number of aliphatic imine (C=N–C) groups is 1. The Morgan fingerprint density at radius 1 is 1.25 bits per heavy atom. The first-order chi connectivity index (χ1) is 7.58. The van der Waals surface area contributed by atoms with Crippen molar-refractivity contribution in [1.82, 2.24) is 9.88 Å². The number of fused-ring (bicyclic) bond motifs is 1. The first kappa shape index (κ1) is 10.7. The van der Waals surface area contributed by atoms with E-state index in [4.69, 9.17) is 0 Å². The molecule has 0 aliphatic heterocycles. The number of nitrogens with one attached hydrogen (secondary N) is 1. The van der Waals surface area contributed by atoms with Crippen molar-refractivity contribution in [2.75, 3.05) is 14.1 Å². The fourth-order valence-electron chi connectivity index (χ4n) is 1.71. The van der Waals surface area contributed by atoms with Crippen LogP contribution >= 0.6 is 0 Å². The average molecular weight is 215 g/mol. The Morgan fingerprint density at radius 2 is 2.00 bits per heavy atom. The topological polar surface area (TPSA) is 31.4 Å². The van der Waals surface area contributed by atoms with Crippen LogP contribution in [0.2, 0.25) is 0 Å². The van der Waals surface area contributed by atoms with Crippen molar-refractivity contribution in [3.05, 3.63) is 29.5 Å². The second-order valence-corrected chi connectivity index (χ2v) is 4.31. The molecule has 0 saturated heterocycles. The minimum absolute atomic E-state index is 0.989. The van der Waals surface area contributed by atoms with E-state index in [0.717, 1.165) is 5.69 Å². The standard InChI is InChI=1S/C13H17N3/c1-9-10(2)15-13-6-5-11(7-12(9)13)14-8-16(3)4/h5-8,15H,1-4H3. The van der Waals surface area contributed by atoms with E-state index < -0.39 is 0 Å². The highest BCUT2D eigenvalue weighted by molar-refractivity contribution is 5.87. The molecule has 3 heteroatoms. The zero-order valence-electron chi connectivity index (χ0n) is 10.2. The van der Waals surface area contributed by atoms with Gasteiger partial charge in [0.15, 0.2) is 0 Å². The van der Waals surface area contributed by atoms with Crippen LogP contribution in [0.1, 0.15) is 11.3 Å². The summed E-state index contributed by atoms with van der Waals surface area (Å²) in [4.78, 5) is 9.68. The van der Waals surface area contributed by atoms with Crippen molar-refractivity contribution in [2.24, 2.45) is 4.99 Å². The molecule has 1 aromatic heterocycles. The smallest absolute Gasteiger partial charge is 0.0907 e. The van der Waals surface area contributed by atoms with E-state index in [-0.39, 0.29) is 0 Å². The zero-order valence-corrected chi connectivity index (χ0v) is 10.2. The van der Waals surface area contributed by atoms with E-state index in [0.29, 0.717) is 0 Å². The number of rotatable bonds is 2. The van der Waals surface area contributed by atoms with Crippen molar-refractivity contribution in [3.63, 3.8) is 0 Å². The maximum absolute atomic E-state index is 4.39. The van der Waals surface area contributed by atoms with Crippen LogP contribution < -0.4 is 0 Å². The number of hydrogen-bond acceptors (Lipinski definition) is 1. The van der Waals surface area contributed by atoms with Crippen LogP contribution in [0.4, 0.5) is 5.69 Å². The molecule has 0 unspecified atom stereocenters. The Kier molecular flexibility index (Phi) is 2.69. The lowest BCUT2D eigenvalue weighted by Gasteiger charge is -2.02. The van der Waals surface area contributed by atoms with Gasteiger partial charge in [-0.25, -0.2) is 4.99 Å². The molecule has 0 spiro atoms.